The van der Waals surface area contributed by atoms with E-state index in [-0.39, 0.29) is 18.1 Å². The summed E-state index contributed by atoms with van der Waals surface area (Å²) in [6.07, 6.45) is 1.22. The van der Waals surface area contributed by atoms with E-state index in [0.717, 1.165) is 12.0 Å². The van der Waals surface area contributed by atoms with E-state index in [2.05, 4.69) is 0 Å². The van der Waals surface area contributed by atoms with Gasteiger partial charge in [-0.15, -0.1) is 0 Å². The molecule has 1 amide bonds. The first kappa shape index (κ1) is 13.1. The Morgan fingerprint density at radius 3 is 2.85 bits per heavy atom. The van der Waals surface area contributed by atoms with Gasteiger partial charge in [0.15, 0.2) is 0 Å². The Kier molecular flexibility index (Phi) is 2.99. The van der Waals surface area contributed by atoms with Crippen LogP contribution in [-0.4, -0.2) is 42.3 Å². The van der Waals surface area contributed by atoms with Crippen LogP contribution in [0.3, 0.4) is 0 Å². The van der Waals surface area contributed by atoms with E-state index in [0.29, 0.717) is 25.3 Å². The lowest BCUT2D eigenvalue weighted by Crippen LogP contribution is -2.55. The topological polar surface area (TPSA) is 92.9 Å². The van der Waals surface area contributed by atoms with Crippen molar-refractivity contribution in [1.29, 1.82) is 0 Å². The summed E-state index contributed by atoms with van der Waals surface area (Å²) in [6, 6.07) is 4.87. The van der Waals surface area contributed by atoms with E-state index >= 15 is 0 Å². The molecule has 1 fully saturated rings. The molecule has 0 saturated carbocycles. The minimum atomic E-state index is -1.00. The van der Waals surface area contributed by atoms with Gasteiger partial charge < -0.3 is 20.5 Å². The van der Waals surface area contributed by atoms with E-state index in [1.165, 1.54) is 0 Å². The standard InChI is InChI=1S/C14H16N2O4/c15-14(4-6-20-8-14)13(19)16-5-3-9-1-2-10(12(17)18)7-11(9)16/h1-2,7H,3-6,8,15H2,(H,17,18). The molecule has 1 unspecified atom stereocenters. The number of fused-ring (bicyclic) bond motifs is 1. The first-order chi connectivity index (χ1) is 9.51. The molecular weight excluding hydrogens is 260 g/mol. The molecule has 0 aromatic heterocycles. The summed E-state index contributed by atoms with van der Waals surface area (Å²) >= 11 is 0. The average molecular weight is 276 g/mol. The molecule has 0 spiro atoms. The number of rotatable bonds is 2. The van der Waals surface area contributed by atoms with Crippen molar-refractivity contribution in [3.63, 3.8) is 0 Å². The fourth-order valence-corrected chi connectivity index (χ4v) is 2.74. The molecule has 2 heterocycles. The van der Waals surface area contributed by atoms with Gasteiger partial charge in [0.2, 0.25) is 5.91 Å². The number of hydrogen-bond acceptors (Lipinski definition) is 4. The van der Waals surface area contributed by atoms with Crippen molar-refractivity contribution in [2.24, 2.45) is 5.73 Å². The van der Waals surface area contributed by atoms with Crippen LogP contribution in [0.1, 0.15) is 22.3 Å². The highest BCUT2D eigenvalue weighted by atomic mass is 16.5. The molecule has 106 valence electrons. The van der Waals surface area contributed by atoms with Crippen molar-refractivity contribution in [2.75, 3.05) is 24.7 Å². The zero-order valence-electron chi connectivity index (χ0n) is 11.0. The monoisotopic (exact) mass is 276 g/mol. The SMILES string of the molecule is NC1(C(=O)N2CCc3ccc(C(=O)O)cc32)CCOC1. The molecule has 0 bridgehead atoms. The minimum Gasteiger partial charge on any atom is -0.478 e. The third-order valence-electron chi connectivity index (χ3n) is 3.95. The van der Waals surface area contributed by atoms with Crippen LogP contribution in [0.2, 0.25) is 0 Å². The number of aromatic carboxylic acids is 1. The Morgan fingerprint density at radius 1 is 1.40 bits per heavy atom. The molecule has 3 rings (SSSR count). The van der Waals surface area contributed by atoms with Crippen molar-refractivity contribution in [2.45, 2.75) is 18.4 Å². The predicted molar refractivity (Wildman–Crippen MR) is 71.8 cm³/mol. The highest BCUT2D eigenvalue weighted by molar-refractivity contribution is 6.03. The summed E-state index contributed by atoms with van der Waals surface area (Å²) in [5.41, 5.74) is 6.93. The highest BCUT2D eigenvalue weighted by Gasteiger charge is 2.43. The zero-order valence-corrected chi connectivity index (χ0v) is 11.0. The van der Waals surface area contributed by atoms with Gasteiger partial charge in [0.25, 0.3) is 0 Å². The van der Waals surface area contributed by atoms with Crippen LogP contribution in [0.15, 0.2) is 18.2 Å². The van der Waals surface area contributed by atoms with E-state index in [1.807, 2.05) is 0 Å². The van der Waals surface area contributed by atoms with Crippen LogP contribution in [-0.2, 0) is 16.0 Å². The Hall–Kier alpha value is -1.92. The number of nitrogens with two attached hydrogens (primary N) is 1. The molecule has 1 saturated heterocycles. The van der Waals surface area contributed by atoms with E-state index in [4.69, 9.17) is 15.6 Å². The number of nitrogens with zero attached hydrogens (tertiary/aromatic N) is 1. The quantitative estimate of drug-likeness (QED) is 0.815. The Balaban J connectivity index is 1.94. The first-order valence-corrected chi connectivity index (χ1v) is 6.56. The fraction of sp³-hybridized carbons (Fsp3) is 0.429. The Bertz CT molecular complexity index is 579. The second-order valence-corrected chi connectivity index (χ2v) is 5.31. The number of anilines is 1. The van der Waals surface area contributed by atoms with Crippen LogP contribution in [0, 0.1) is 0 Å². The normalized spacial score (nSPS) is 24.8. The molecule has 2 aliphatic rings. The summed E-state index contributed by atoms with van der Waals surface area (Å²) in [5, 5.41) is 9.06. The molecule has 0 radical (unpaired) electrons. The maximum atomic E-state index is 12.6. The average Bonchev–Trinajstić information content (AvgIpc) is 3.04. The molecule has 6 nitrogen and oxygen atoms in total. The van der Waals surface area contributed by atoms with Crippen molar-refractivity contribution in [1.82, 2.24) is 0 Å². The number of carboxylic acids is 1. The zero-order chi connectivity index (χ0) is 14.3. The molecule has 6 heteroatoms. The molecule has 20 heavy (non-hydrogen) atoms. The number of benzene rings is 1. The maximum absolute atomic E-state index is 12.6. The van der Waals surface area contributed by atoms with Gasteiger partial charge in [-0.3, -0.25) is 4.79 Å². The van der Waals surface area contributed by atoms with Gasteiger partial charge in [0, 0.05) is 18.8 Å². The van der Waals surface area contributed by atoms with Crippen molar-refractivity contribution in [3.8, 4) is 0 Å². The smallest absolute Gasteiger partial charge is 0.335 e. The van der Waals surface area contributed by atoms with Crippen LogP contribution >= 0.6 is 0 Å². The molecule has 2 aliphatic heterocycles. The van der Waals surface area contributed by atoms with E-state index in [9.17, 15) is 9.59 Å². The van der Waals surface area contributed by atoms with Gasteiger partial charge in [0.05, 0.1) is 12.2 Å². The lowest BCUT2D eigenvalue weighted by molar-refractivity contribution is -0.123. The number of carboxylic acid groups (broad SMARTS) is 1. The Morgan fingerprint density at radius 2 is 2.20 bits per heavy atom. The van der Waals surface area contributed by atoms with Crippen LogP contribution in [0.5, 0.6) is 0 Å². The molecule has 1 aromatic rings. The minimum absolute atomic E-state index is 0.178. The van der Waals surface area contributed by atoms with Crippen LogP contribution in [0.4, 0.5) is 5.69 Å². The summed E-state index contributed by atoms with van der Waals surface area (Å²) in [4.78, 5) is 25.2. The van der Waals surface area contributed by atoms with Crippen molar-refractivity contribution in [3.05, 3.63) is 29.3 Å². The van der Waals surface area contributed by atoms with Gasteiger partial charge in [0.1, 0.15) is 5.54 Å². The van der Waals surface area contributed by atoms with Crippen molar-refractivity contribution < 1.29 is 19.4 Å². The number of carbonyl (C=O) groups excluding carboxylic acids is 1. The molecular formula is C14H16N2O4. The molecule has 1 aromatic carbocycles. The summed E-state index contributed by atoms with van der Waals surface area (Å²) in [6.45, 7) is 1.24. The van der Waals surface area contributed by atoms with Crippen LogP contribution in [0.25, 0.3) is 0 Å². The third kappa shape index (κ3) is 1.97. The summed E-state index contributed by atoms with van der Waals surface area (Å²) < 4.78 is 5.22. The van der Waals surface area contributed by atoms with Crippen molar-refractivity contribution >= 4 is 17.6 Å². The fourth-order valence-electron chi connectivity index (χ4n) is 2.74. The lowest BCUT2D eigenvalue weighted by Gasteiger charge is -2.27. The van der Waals surface area contributed by atoms with Gasteiger partial charge in [-0.05, 0) is 30.5 Å². The second-order valence-electron chi connectivity index (χ2n) is 5.31. The Labute approximate surface area is 116 Å². The van der Waals surface area contributed by atoms with Gasteiger partial charge in [-0.2, -0.15) is 0 Å². The van der Waals surface area contributed by atoms with Gasteiger partial charge in [-0.1, -0.05) is 6.07 Å². The highest BCUT2D eigenvalue weighted by Crippen LogP contribution is 2.32. The lowest BCUT2D eigenvalue weighted by atomic mass is 9.98. The number of hydrogen-bond donors (Lipinski definition) is 2. The van der Waals surface area contributed by atoms with Crippen LogP contribution < -0.4 is 10.6 Å². The second kappa shape index (κ2) is 4.57. The number of ether oxygens (including phenoxy) is 1. The summed E-state index contributed by atoms with van der Waals surface area (Å²) in [5.74, 6) is -1.19. The molecule has 1 atom stereocenters. The third-order valence-corrected chi connectivity index (χ3v) is 3.95. The molecule has 0 aliphatic carbocycles. The first-order valence-electron chi connectivity index (χ1n) is 6.56. The largest absolute Gasteiger partial charge is 0.478 e. The predicted octanol–water partition coefficient (Wildman–Crippen LogP) is 0.392. The number of carbonyl (C=O) groups is 2. The van der Waals surface area contributed by atoms with Gasteiger partial charge in [-0.25, -0.2) is 4.79 Å². The van der Waals surface area contributed by atoms with E-state index < -0.39 is 11.5 Å². The summed E-state index contributed by atoms with van der Waals surface area (Å²) in [7, 11) is 0. The van der Waals surface area contributed by atoms with Gasteiger partial charge >= 0.3 is 5.97 Å². The number of amides is 1. The van der Waals surface area contributed by atoms with E-state index in [1.54, 1.807) is 23.1 Å². The molecule has 3 N–H and O–H groups in total. The maximum Gasteiger partial charge on any atom is 0.335 e.